The third-order valence-corrected chi connectivity index (χ3v) is 12.5. The number of imide groups is 1. The van der Waals surface area contributed by atoms with Crippen LogP contribution in [0.15, 0.2) is 52.3 Å². The van der Waals surface area contributed by atoms with Gasteiger partial charge in [-0.2, -0.15) is 0 Å². The van der Waals surface area contributed by atoms with Crippen LogP contribution in [0.2, 0.25) is 5.02 Å². The number of carbonyl (C=O) groups excluding carboxylic acids is 3. The summed E-state index contributed by atoms with van der Waals surface area (Å²) in [5, 5.41) is 13.1. The third kappa shape index (κ3) is 5.16. The topological polar surface area (TPSA) is 146 Å². The number of hydrogen-bond donors (Lipinski definition) is 3. The van der Waals surface area contributed by atoms with Crippen LogP contribution < -0.4 is 14.9 Å². The Morgan fingerprint density at radius 3 is 2.62 bits per heavy atom. The minimum atomic E-state index is -0.966. The lowest BCUT2D eigenvalue weighted by atomic mass is 9.68. The van der Waals surface area contributed by atoms with Gasteiger partial charge in [-0.15, -0.1) is 11.8 Å². The van der Waals surface area contributed by atoms with E-state index in [1.54, 1.807) is 23.9 Å². The Hall–Kier alpha value is -3.61. The Labute approximate surface area is 271 Å². The van der Waals surface area contributed by atoms with Gasteiger partial charge in [-0.25, -0.2) is 0 Å². The number of aromatic amines is 1. The summed E-state index contributed by atoms with van der Waals surface area (Å²) in [6.45, 7) is 1.76. The van der Waals surface area contributed by atoms with Crippen molar-refractivity contribution in [3.8, 4) is 5.75 Å². The maximum Gasteiger partial charge on any atom is 0.305 e. The number of thioether (sulfide) groups is 1. The number of amides is 3. The molecule has 13 heteroatoms. The summed E-state index contributed by atoms with van der Waals surface area (Å²) >= 11 is 9.24. The van der Waals surface area contributed by atoms with Crippen LogP contribution in [0.25, 0.3) is 0 Å². The van der Waals surface area contributed by atoms with Gasteiger partial charge in [0.15, 0.2) is 6.61 Å². The third-order valence-electron chi connectivity index (χ3n) is 9.67. The fourth-order valence-corrected chi connectivity index (χ4v) is 11.0. The molecule has 6 unspecified atom stereocenters. The molecule has 10 nitrogen and oxygen atoms in total. The number of para-hydroxylation sites is 1. The highest BCUT2D eigenvalue weighted by molar-refractivity contribution is 8.00. The Bertz CT molecular complexity index is 1790. The second-order valence-corrected chi connectivity index (χ2v) is 14.8. The lowest BCUT2D eigenvalue weighted by Crippen LogP contribution is -2.42. The zero-order valence-corrected chi connectivity index (χ0v) is 26.5. The molecule has 0 radical (unpaired) electrons. The lowest BCUT2D eigenvalue weighted by molar-refractivity contribution is -0.142. The number of benzene rings is 2. The summed E-state index contributed by atoms with van der Waals surface area (Å²) in [6.07, 6.45) is 0.810. The number of rotatable bonds is 9. The molecule has 3 heterocycles. The maximum absolute atomic E-state index is 13.7. The number of H-pyrrole nitrogens is 1. The normalized spacial score (nSPS) is 27.7. The predicted molar refractivity (Wildman–Crippen MR) is 169 cm³/mol. The minimum Gasteiger partial charge on any atom is -0.483 e. The molecule has 2 saturated carbocycles. The van der Waals surface area contributed by atoms with E-state index in [1.165, 1.54) is 4.90 Å². The van der Waals surface area contributed by atoms with Gasteiger partial charge in [0, 0.05) is 45.3 Å². The molecular formula is C32H30ClN3O7S2. The van der Waals surface area contributed by atoms with Crippen LogP contribution in [0.1, 0.15) is 41.2 Å². The summed E-state index contributed by atoms with van der Waals surface area (Å²) < 4.78 is 6.14. The maximum atomic E-state index is 13.7. The van der Waals surface area contributed by atoms with Crippen molar-refractivity contribution in [3.63, 3.8) is 0 Å². The van der Waals surface area contributed by atoms with Gasteiger partial charge in [0.1, 0.15) is 5.75 Å². The molecular weight excluding hydrogens is 638 g/mol. The van der Waals surface area contributed by atoms with Crippen LogP contribution >= 0.6 is 34.7 Å². The van der Waals surface area contributed by atoms with Gasteiger partial charge in [0.05, 0.1) is 16.9 Å². The second-order valence-electron chi connectivity index (χ2n) is 12.1. The van der Waals surface area contributed by atoms with Crippen molar-refractivity contribution in [1.29, 1.82) is 0 Å². The van der Waals surface area contributed by atoms with Crippen LogP contribution in [-0.4, -0.2) is 57.1 Å². The molecule has 4 aliphatic rings. The van der Waals surface area contributed by atoms with Gasteiger partial charge in [0.25, 0.3) is 5.91 Å². The van der Waals surface area contributed by atoms with Gasteiger partial charge in [-0.05, 0) is 67.3 Å². The summed E-state index contributed by atoms with van der Waals surface area (Å²) in [5.41, 5.74) is 2.35. The minimum absolute atomic E-state index is 0.0362. The first-order valence-corrected chi connectivity index (χ1v) is 16.9. The fraction of sp³-hybridized carbons (Fsp3) is 0.406. The lowest BCUT2D eigenvalue weighted by Gasteiger charge is -2.43. The molecule has 2 bridgehead atoms. The van der Waals surface area contributed by atoms with Crippen LogP contribution in [-0.2, 0) is 19.2 Å². The number of anilines is 1. The molecule has 1 saturated heterocycles. The number of nitrogens with zero attached hydrogens (tertiary/aromatic N) is 1. The Balaban J connectivity index is 1.20. The molecule has 45 heavy (non-hydrogen) atoms. The molecule has 3 fully saturated rings. The monoisotopic (exact) mass is 667 g/mol. The second kappa shape index (κ2) is 11.6. The number of carboxylic acid groups (broad SMARTS) is 1. The van der Waals surface area contributed by atoms with E-state index in [4.69, 9.17) is 21.4 Å². The molecule has 7 rings (SSSR count). The summed E-state index contributed by atoms with van der Waals surface area (Å²) in [4.78, 5) is 68.8. The van der Waals surface area contributed by atoms with Crippen LogP contribution in [0.3, 0.4) is 0 Å². The largest absolute Gasteiger partial charge is 0.483 e. The number of halogens is 1. The van der Waals surface area contributed by atoms with E-state index in [2.05, 4.69) is 10.3 Å². The number of aryl methyl sites for hydroxylation is 1. The average molecular weight is 668 g/mol. The van der Waals surface area contributed by atoms with Crippen molar-refractivity contribution in [3.05, 3.63) is 73.2 Å². The molecule has 2 aliphatic carbocycles. The summed E-state index contributed by atoms with van der Waals surface area (Å²) in [5.74, 6) is -2.83. The van der Waals surface area contributed by atoms with E-state index in [9.17, 15) is 24.0 Å². The first-order valence-electron chi connectivity index (χ1n) is 14.9. The Kier molecular flexibility index (Phi) is 7.77. The van der Waals surface area contributed by atoms with E-state index >= 15 is 0 Å². The number of likely N-dealkylation sites (tertiary alicyclic amines) is 1. The first-order chi connectivity index (χ1) is 21.6. The highest BCUT2D eigenvalue weighted by atomic mass is 35.5. The van der Waals surface area contributed by atoms with Gasteiger partial charge < -0.3 is 20.1 Å². The molecule has 7 atom stereocenters. The fourth-order valence-electron chi connectivity index (χ4n) is 7.97. The average Bonchev–Trinajstić information content (AvgIpc) is 3.73. The van der Waals surface area contributed by atoms with Crippen LogP contribution in [0.5, 0.6) is 5.75 Å². The van der Waals surface area contributed by atoms with Gasteiger partial charge in [-0.3, -0.25) is 28.9 Å². The first kappa shape index (κ1) is 30.1. The number of thiazole rings is 1. The van der Waals surface area contributed by atoms with E-state index in [0.29, 0.717) is 22.9 Å². The SMILES string of the molecule is Cc1ccccc1NC(=O)COc1ccc(Cl)cc1[C@H]1c2sc(=O)[nH]c2SC2C3CC(C4C(=O)N(CCCC(=O)O)C(=O)C34)C21. The van der Waals surface area contributed by atoms with Crippen molar-refractivity contribution < 1.29 is 29.0 Å². The molecule has 2 aromatic carbocycles. The quantitative estimate of drug-likeness (QED) is 0.277. The zero-order chi connectivity index (χ0) is 31.6. The van der Waals surface area contributed by atoms with E-state index in [1.807, 2.05) is 37.3 Å². The molecule has 2 aliphatic heterocycles. The van der Waals surface area contributed by atoms with Gasteiger partial charge >= 0.3 is 10.8 Å². The van der Waals surface area contributed by atoms with Crippen molar-refractivity contribution in [1.82, 2.24) is 9.88 Å². The zero-order valence-electron chi connectivity index (χ0n) is 24.2. The molecule has 234 valence electrons. The van der Waals surface area contributed by atoms with Gasteiger partial charge in [0.2, 0.25) is 11.8 Å². The van der Waals surface area contributed by atoms with Crippen molar-refractivity contribution in [2.75, 3.05) is 18.5 Å². The van der Waals surface area contributed by atoms with Crippen molar-refractivity contribution >= 4 is 64.1 Å². The Morgan fingerprint density at radius 2 is 1.87 bits per heavy atom. The molecule has 3 amide bonds. The number of hydrogen-bond acceptors (Lipinski definition) is 8. The number of nitrogens with one attached hydrogen (secondary N) is 2. The van der Waals surface area contributed by atoms with E-state index < -0.39 is 17.8 Å². The van der Waals surface area contributed by atoms with Crippen molar-refractivity contribution in [2.45, 2.75) is 42.4 Å². The predicted octanol–water partition coefficient (Wildman–Crippen LogP) is 4.75. The molecule has 1 aromatic heterocycles. The number of fused-ring (bicyclic) bond motifs is 9. The number of ether oxygens (including phenoxy) is 1. The van der Waals surface area contributed by atoms with E-state index in [0.717, 1.165) is 32.4 Å². The Morgan fingerprint density at radius 1 is 1.11 bits per heavy atom. The molecule has 3 aromatic rings. The van der Waals surface area contributed by atoms with Crippen LogP contribution in [0.4, 0.5) is 5.69 Å². The van der Waals surface area contributed by atoms with Crippen LogP contribution in [0, 0.1) is 36.5 Å². The van der Waals surface area contributed by atoms with Crippen molar-refractivity contribution in [2.24, 2.45) is 29.6 Å². The van der Waals surface area contributed by atoms with E-state index in [-0.39, 0.29) is 77.5 Å². The van der Waals surface area contributed by atoms with Gasteiger partial charge in [-0.1, -0.05) is 41.1 Å². The standard InChI is InChI=1S/C32H30ClN3O7S2/c1-14-5-2-3-6-19(14)34-21(37)13-43-20-9-8-15(33)11-16(20)23-24-17-12-18(27(24)44-29-28(23)45-32(42)35-29)26-25(17)30(40)36(31(26)41)10-4-7-22(38)39/h2-3,5-6,8-9,11,17-18,23-27H,4,7,10,12-13H2,1H3,(H,34,37)(H,35,42)(H,38,39)/t17?,18?,23-,24?,25?,26?,27?/m1/s1. The summed E-state index contributed by atoms with van der Waals surface area (Å²) in [6, 6.07) is 12.7. The number of aliphatic carboxylic acids is 1. The molecule has 0 spiro atoms. The summed E-state index contributed by atoms with van der Waals surface area (Å²) in [7, 11) is 0. The highest BCUT2D eigenvalue weighted by Crippen LogP contribution is 2.69. The highest BCUT2D eigenvalue weighted by Gasteiger charge is 2.69. The molecule has 3 N–H and O–H groups in total. The number of aromatic nitrogens is 1. The number of carbonyl (C=O) groups is 4. The number of carboxylic acids is 1. The smallest absolute Gasteiger partial charge is 0.305 e.